The lowest BCUT2D eigenvalue weighted by molar-refractivity contribution is -0.147. The Morgan fingerprint density at radius 1 is 1.31 bits per heavy atom. The first-order valence-corrected chi connectivity index (χ1v) is 5.40. The predicted octanol–water partition coefficient (Wildman–Crippen LogP) is 2.51. The number of carboxylic acid groups (broad SMARTS) is 1. The number of carboxylic acids is 1. The molecule has 0 heterocycles. The Balaban J connectivity index is 3.10. The predicted molar refractivity (Wildman–Crippen MR) is 63.0 cm³/mol. The molecule has 4 heteroatoms. The lowest BCUT2D eigenvalue weighted by Crippen LogP contribution is -2.25. The number of aryl methyl sites for hydroxylation is 2. The van der Waals surface area contributed by atoms with Gasteiger partial charge in [-0.05, 0) is 30.5 Å². The summed E-state index contributed by atoms with van der Waals surface area (Å²) < 4.78 is 0. The Bertz CT molecular complexity index is 392. The first-order chi connectivity index (χ1) is 7.34. The van der Waals surface area contributed by atoms with Crippen LogP contribution in [0.2, 0.25) is 5.02 Å². The number of hydrogen-bond acceptors (Lipinski definition) is 2. The summed E-state index contributed by atoms with van der Waals surface area (Å²) in [6, 6.07) is 3.62. The molecule has 2 unspecified atom stereocenters. The Kier molecular flexibility index (Phi) is 3.94. The standard InChI is InChI=1S/C12H15ClO3/c1-6-4-9(5-7(2)10(6)13)8(3)11(14)12(15)16/h4-5,8,11,14H,1-3H3,(H,15,16). The Labute approximate surface area is 99.7 Å². The summed E-state index contributed by atoms with van der Waals surface area (Å²) in [6.45, 7) is 5.40. The van der Waals surface area contributed by atoms with Crippen LogP contribution in [0.4, 0.5) is 0 Å². The van der Waals surface area contributed by atoms with Gasteiger partial charge in [-0.15, -0.1) is 0 Å². The summed E-state index contributed by atoms with van der Waals surface area (Å²) in [4.78, 5) is 10.7. The van der Waals surface area contributed by atoms with Crippen LogP contribution < -0.4 is 0 Å². The van der Waals surface area contributed by atoms with E-state index in [1.165, 1.54) is 0 Å². The number of halogens is 1. The number of hydrogen-bond donors (Lipinski definition) is 2. The molecule has 1 aromatic carbocycles. The van der Waals surface area contributed by atoms with E-state index < -0.39 is 18.0 Å². The van der Waals surface area contributed by atoms with Crippen molar-refractivity contribution >= 4 is 17.6 Å². The van der Waals surface area contributed by atoms with Crippen LogP contribution >= 0.6 is 11.6 Å². The summed E-state index contributed by atoms with van der Waals surface area (Å²) in [7, 11) is 0. The number of aliphatic hydroxyl groups is 1. The van der Waals surface area contributed by atoms with E-state index in [9.17, 15) is 9.90 Å². The van der Waals surface area contributed by atoms with Crippen LogP contribution in [-0.2, 0) is 4.79 Å². The summed E-state index contributed by atoms with van der Waals surface area (Å²) in [6.07, 6.45) is -1.39. The topological polar surface area (TPSA) is 57.5 Å². The minimum atomic E-state index is -1.39. The zero-order chi connectivity index (χ0) is 12.5. The van der Waals surface area contributed by atoms with E-state index in [1.54, 1.807) is 6.92 Å². The van der Waals surface area contributed by atoms with Crippen LogP contribution in [0, 0.1) is 13.8 Å². The van der Waals surface area contributed by atoms with Gasteiger partial charge in [0.25, 0.3) is 0 Å². The molecule has 0 saturated heterocycles. The first-order valence-electron chi connectivity index (χ1n) is 5.02. The van der Waals surface area contributed by atoms with Gasteiger partial charge < -0.3 is 10.2 Å². The average molecular weight is 243 g/mol. The third-order valence-corrected chi connectivity index (χ3v) is 3.31. The smallest absolute Gasteiger partial charge is 0.333 e. The molecule has 0 bridgehead atoms. The maximum atomic E-state index is 10.7. The molecule has 1 rings (SSSR count). The van der Waals surface area contributed by atoms with Crippen LogP contribution in [0.5, 0.6) is 0 Å². The lowest BCUT2D eigenvalue weighted by atomic mass is 9.92. The van der Waals surface area contributed by atoms with Gasteiger partial charge in [-0.25, -0.2) is 4.79 Å². The quantitative estimate of drug-likeness (QED) is 0.856. The zero-order valence-electron chi connectivity index (χ0n) is 9.49. The minimum absolute atomic E-state index is 0.452. The summed E-state index contributed by atoms with van der Waals surface area (Å²) in [5, 5.41) is 18.9. The van der Waals surface area contributed by atoms with Crippen LogP contribution in [0.15, 0.2) is 12.1 Å². The van der Waals surface area contributed by atoms with Gasteiger partial charge in [0.1, 0.15) is 0 Å². The van der Waals surface area contributed by atoms with Crippen molar-refractivity contribution in [2.45, 2.75) is 32.8 Å². The van der Waals surface area contributed by atoms with Gasteiger partial charge in [0.15, 0.2) is 6.10 Å². The van der Waals surface area contributed by atoms with E-state index in [0.717, 1.165) is 16.7 Å². The molecule has 0 saturated carbocycles. The Morgan fingerprint density at radius 2 is 1.75 bits per heavy atom. The lowest BCUT2D eigenvalue weighted by Gasteiger charge is -2.17. The van der Waals surface area contributed by atoms with Crippen LogP contribution in [0.1, 0.15) is 29.5 Å². The highest BCUT2D eigenvalue weighted by Crippen LogP contribution is 2.27. The van der Waals surface area contributed by atoms with Crippen molar-refractivity contribution in [1.82, 2.24) is 0 Å². The van der Waals surface area contributed by atoms with Crippen molar-refractivity contribution in [3.63, 3.8) is 0 Å². The van der Waals surface area contributed by atoms with Crippen LogP contribution in [0.25, 0.3) is 0 Å². The Morgan fingerprint density at radius 3 is 2.12 bits per heavy atom. The van der Waals surface area contributed by atoms with Gasteiger partial charge in [-0.2, -0.15) is 0 Å². The van der Waals surface area contributed by atoms with E-state index in [-0.39, 0.29) is 0 Å². The normalized spacial score (nSPS) is 14.6. The van der Waals surface area contributed by atoms with Gasteiger partial charge in [-0.3, -0.25) is 0 Å². The molecule has 0 aromatic heterocycles. The molecule has 16 heavy (non-hydrogen) atoms. The molecule has 0 fully saturated rings. The van der Waals surface area contributed by atoms with Crippen LogP contribution in [-0.4, -0.2) is 22.3 Å². The molecule has 0 radical (unpaired) electrons. The zero-order valence-corrected chi connectivity index (χ0v) is 10.2. The number of rotatable bonds is 3. The maximum absolute atomic E-state index is 10.7. The second kappa shape index (κ2) is 4.85. The number of benzene rings is 1. The highest BCUT2D eigenvalue weighted by atomic mass is 35.5. The van der Waals surface area contributed by atoms with E-state index >= 15 is 0 Å². The third kappa shape index (κ3) is 2.54. The molecule has 3 nitrogen and oxygen atoms in total. The fraction of sp³-hybridized carbons (Fsp3) is 0.417. The molecule has 0 amide bonds. The van der Waals surface area contributed by atoms with Gasteiger partial charge in [0, 0.05) is 10.9 Å². The summed E-state index contributed by atoms with van der Waals surface area (Å²) >= 11 is 6.02. The van der Waals surface area contributed by atoms with Crippen molar-refractivity contribution in [3.05, 3.63) is 33.8 Å². The van der Waals surface area contributed by atoms with E-state index in [4.69, 9.17) is 16.7 Å². The third-order valence-electron chi connectivity index (χ3n) is 2.71. The number of aliphatic carboxylic acids is 1. The second-order valence-electron chi connectivity index (χ2n) is 4.04. The average Bonchev–Trinajstić information content (AvgIpc) is 2.22. The fourth-order valence-electron chi connectivity index (χ4n) is 1.64. The summed E-state index contributed by atoms with van der Waals surface area (Å²) in [5.41, 5.74) is 2.57. The van der Waals surface area contributed by atoms with Gasteiger partial charge in [0.2, 0.25) is 0 Å². The van der Waals surface area contributed by atoms with E-state index in [1.807, 2.05) is 26.0 Å². The molecule has 2 atom stereocenters. The molecule has 0 aliphatic carbocycles. The monoisotopic (exact) mass is 242 g/mol. The molecular weight excluding hydrogens is 228 g/mol. The fourth-order valence-corrected chi connectivity index (χ4v) is 1.75. The van der Waals surface area contributed by atoms with E-state index in [0.29, 0.717) is 5.02 Å². The van der Waals surface area contributed by atoms with Gasteiger partial charge in [-0.1, -0.05) is 30.7 Å². The highest BCUT2D eigenvalue weighted by molar-refractivity contribution is 6.32. The van der Waals surface area contributed by atoms with Gasteiger partial charge >= 0.3 is 5.97 Å². The second-order valence-corrected chi connectivity index (χ2v) is 4.42. The summed E-state index contributed by atoms with van der Waals surface area (Å²) in [5.74, 6) is -1.66. The maximum Gasteiger partial charge on any atom is 0.333 e. The minimum Gasteiger partial charge on any atom is -0.479 e. The number of aliphatic hydroxyl groups excluding tert-OH is 1. The van der Waals surface area contributed by atoms with Crippen molar-refractivity contribution in [2.75, 3.05) is 0 Å². The van der Waals surface area contributed by atoms with Crippen LogP contribution in [0.3, 0.4) is 0 Å². The molecule has 1 aromatic rings. The number of carbonyl (C=O) groups is 1. The SMILES string of the molecule is Cc1cc(C(C)C(O)C(=O)O)cc(C)c1Cl. The Hall–Kier alpha value is -1.06. The molecule has 88 valence electrons. The van der Waals surface area contributed by atoms with Crippen molar-refractivity contribution < 1.29 is 15.0 Å². The molecule has 2 N–H and O–H groups in total. The van der Waals surface area contributed by atoms with Gasteiger partial charge in [0.05, 0.1) is 0 Å². The van der Waals surface area contributed by atoms with Crippen molar-refractivity contribution in [1.29, 1.82) is 0 Å². The molecule has 0 aliphatic rings. The highest BCUT2D eigenvalue weighted by Gasteiger charge is 2.23. The van der Waals surface area contributed by atoms with E-state index in [2.05, 4.69) is 0 Å². The largest absolute Gasteiger partial charge is 0.479 e. The van der Waals surface area contributed by atoms with Crippen molar-refractivity contribution in [2.24, 2.45) is 0 Å². The molecule has 0 aliphatic heterocycles. The molecule has 0 spiro atoms. The first kappa shape index (κ1) is 13.0. The van der Waals surface area contributed by atoms with Crippen molar-refractivity contribution in [3.8, 4) is 0 Å². The molecular formula is C12H15ClO3.